The van der Waals surface area contributed by atoms with Crippen molar-refractivity contribution >= 4 is 0 Å². The predicted octanol–water partition coefficient (Wildman–Crippen LogP) is 3.17. The molecule has 1 N–H and O–H groups in total. The van der Waals surface area contributed by atoms with E-state index in [-0.39, 0.29) is 0 Å². The van der Waals surface area contributed by atoms with Gasteiger partial charge < -0.3 is 14.8 Å². The maximum absolute atomic E-state index is 5.63. The Balaban J connectivity index is 1.46. The van der Waals surface area contributed by atoms with Crippen molar-refractivity contribution in [1.29, 1.82) is 0 Å². The van der Waals surface area contributed by atoms with Gasteiger partial charge in [-0.05, 0) is 62.3 Å². The van der Waals surface area contributed by atoms with Crippen LogP contribution in [0.25, 0.3) is 0 Å². The Hall–Kier alpha value is -1.22. The Kier molecular flexibility index (Phi) is 4.46. The molecule has 0 amide bonds. The van der Waals surface area contributed by atoms with Crippen molar-refractivity contribution in [3.63, 3.8) is 0 Å². The summed E-state index contributed by atoms with van der Waals surface area (Å²) in [6.07, 6.45) is 6.48. The first-order valence-electron chi connectivity index (χ1n) is 7.93. The summed E-state index contributed by atoms with van der Waals surface area (Å²) in [6, 6.07) is 7.03. The van der Waals surface area contributed by atoms with Crippen molar-refractivity contribution < 1.29 is 9.47 Å². The highest BCUT2D eigenvalue weighted by Gasteiger charge is 2.17. The van der Waals surface area contributed by atoms with Crippen LogP contribution in [0.15, 0.2) is 18.2 Å². The van der Waals surface area contributed by atoms with E-state index >= 15 is 0 Å². The molecule has 0 spiro atoms. The molecule has 0 bridgehead atoms. The molecule has 0 saturated heterocycles. The highest BCUT2D eigenvalue weighted by molar-refractivity contribution is 5.43. The van der Waals surface area contributed by atoms with Gasteiger partial charge >= 0.3 is 0 Å². The Morgan fingerprint density at radius 1 is 1.05 bits per heavy atom. The fourth-order valence-electron chi connectivity index (χ4n) is 3.13. The minimum atomic E-state index is 0.661. The number of rotatable bonds is 4. The summed E-state index contributed by atoms with van der Waals surface area (Å²) in [4.78, 5) is 0. The number of fused-ring (bicyclic) bond motifs is 1. The lowest BCUT2D eigenvalue weighted by molar-refractivity contribution is 0.171. The smallest absolute Gasteiger partial charge is 0.161 e. The minimum Gasteiger partial charge on any atom is -0.486 e. The summed E-state index contributed by atoms with van der Waals surface area (Å²) in [5, 5.41) is 3.70. The third kappa shape index (κ3) is 3.45. The van der Waals surface area contributed by atoms with Crippen molar-refractivity contribution in [1.82, 2.24) is 5.32 Å². The van der Waals surface area contributed by atoms with Crippen LogP contribution in [0.2, 0.25) is 0 Å². The summed E-state index contributed by atoms with van der Waals surface area (Å²) in [5.41, 5.74) is 1.32. The maximum atomic E-state index is 5.63. The monoisotopic (exact) mass is 275 g/mol. The van der Waals surface area contributed by atoms with E-state index in [1.807, 2.05) is 6.07 Å². The Labute approximate surface area is 121 Å². The Morgan fingerprint density at radius 3 is 2.60 bits per heavy atom. The Morgan fingerprint density at radius 2 is 1.80 bits per heavy atom. The van der Waals surface area contributed by atoms with Gasteiger partial charge in [0.2, 0.25) is 0 Å². The molecule has 2 aliphatic rings. The molecule has 1 aromatic rings. The average Bonchev–Trinajstić information content (AvgIpc) is 2.49. The van der Waals surface area contributed by atoms with Gasteiger partial charge in [-0.25, -0.2) is 0 Å². The topological polar surface area (TPSA) is 30.5 Å². The highest BCUT2D eigenvalue weighted by Crippen LogP contribution is 2.30. The van der Waals surface area contributed by atoms with Crippen molar-refractivity contribution in [3.05, 3.63) is 23.8 Å². The SMILES string of the molecule is CC1CCC(NCCc2ccc3c(c2)OCCO3)CC1. The molecule has 110 valence electrons. The van der Waals surface area contributed by atoms with E-state index in [2.05, 4.69) is 24.4 Å². The van der Waals surface area contributed by atoms with Crippen molar-refractivity contribution in [3.8, 4) is 11.5 Å². The zero-order chi connectivity index (χ0) is 13.8. The predicted molar refractivity (Wildman–Crippen MR) is 80.6 cm³/mol. The van der Waals surface area contributed by atoms with Gasteiger partial charge in [0.1, 0.15) is 13.2 Å². The van der Waals surface area contributed by atoms with Crippen molar-refractivity contribution in [2.75, 3.05) is 19.8 Å². The number of hydrogen-bond acceptors (Lipinski definition) is 3. The van der Waals surface area contributed by atoms with Crippen LogP contribution < -0.4 is 14.8 Å². The van der Waals surface area contributed by atoms with E-state index in [1.165, 1.54) is 31.2 Å². The molecule has 1 saturated carbocycles. The largest absolute Gasteiger partial charge is 0.486 e. The quantitative estimate of drug-likeness (QED) is 0.915. The molecule has 0 atom stereocenters. The van der Waals surface area contributed by atoms with Crippen molar-refractivity contribution in [2.24, 2.45) is 5.92 Å². The highest BCUT2D eigenvalue weighted by atomic mass is 16.6. The normalized spacial score (nSPS) is 25.4. The van der Waals surface area contributed by atoms with E-state index in [1.54, 1.807) is 0 Å². The first-order chi connectivity index (χ1) is 9.81. The molecule has 1 fully saturated rings. The minimum absolute atomic E-state index is 0.661. The molecule has 1 aliphatic carbocycles. The zero-order valence-electron chi connectivity index (χ0n) is 12.4. The van der Waals surface area contributed by atoms with Crippen LogP contribution in [0.3, 0.4) is 0 Å². The first-order valence-corrected chi connectivity index (χ1v) is 7.93. The second-order valence-electron chi connectivity index (χ2n) is 6.14. The number of nitrogens with one attached hydrogen (secondary N) is 1. The summed E-state index contributed by atoms with van der Waals surface area (Å²) in [5.74, 6) is 2.71. The molecule has 1 heterocycles. The molecule has 0 aromatic heterocycles. The molecular formula is C17H25NO2. The van der Waals surface area contributed by atoms with Crippen molar-refractivity contribution in [2.45, 2.75) is 45.1 Å². The number of hydrogen-bond donors (Lipinski definition) is 1. The number of ether oxygens (including phenoxy) is 2. The molecular weight excluding hydrogens is 250 g/mol. The molecule has 1 aliphatic heterocycles. The van der Waals surface area contributed by atoms with Gasteiger partial charge in [-0.15, -0.1) is 0 Å². The summed E-state index contributed by atoms with van der Waals surface area (Å²) >= 11 is 0. The van der Waals surface area contributed by atoms with Gasteiger partial charge in [-0.1, -0.05) is 13.0 Å². The van der Waals surface area contributed by atoms with E-state index < -0.39 is 0 Å². The van der Waals surface area contributed by atoms with E-state index in [0.717, 1.165) is 36.4 Å². The lowest BCUT2D eigenvalue weighted by atomic mass is 9.87. The lowest BCUT2D eigenvalue weighted by Crippen LogP contribution is -2.34. The van der Waals surface area contributed by atoms with Gasteiger partial charge in [0, 0.05) is 6.04 Å². The third-order valence-electron chi connectivity index (χ3n) is 4.47. The standard InChI is InChI=1S/C17H25NO2/c1-13-2-5-15(6-3-13)18-9-8-14-4-7-16-17(12-14)20-11-10-19-16/h4,7,12-13,15,18H,2-3,5-6,8-11H2,1H3. The van der Waals surface area contributed by atoms with Gasteiger partial charge in [-0.3, -0.25) is 0 Å². The summed E-state index contributed by atoms with van der Waals surface area (Å²) in [6.45, 7) is 4.74. The summed E-state index contributed by atoms with van der Waals surface area (Å²) < 4.78 is 11.2. The van der Waals surface area contributed by atoms with Crippen LogP contribution in [-0.4, -0.2) is 25.8 Å². The van der Waals surface area contributed by atoms with Gasteiger partial charge in [0.05, 0.1) is 0 Å². The third-order valence-corrected chi connectivity index (χ3v) is 4.47. The van der Waals surface area contributed by atoms with E-state index in [9.17, 15) is 0 Å². The van der Waals surface area contributed by atoms with Gasteiger partial charge in [-0.2, -0.15) is 0 Å². The Bertz CT molecular complexity index is 439. The second kappa shape index (κ2) is 6.49. The molecule has 0 unspecified atom stereocenters. The zero-order valence-corrected chi connectivity index (χ0v) is 12.4. The number of benzene rings is 1. The first kappa shape index (κ1) is 13.7. The van der Waals surface area contributed by atoms with Crippen LogP contribution in [-0.2, 0) is 6.42 Å². The molecule has 3 heteroatoms. The molecule has 1 aromatic carbocycles. The average molecular weight is 275 g/mol. The fourth-order valence-corrected chi connectivity index (χ4v) is 3.13. The fraction of sp³-hybridized carbons (Fsp3) is 0.647. The van der Waals surface area contributed by atoms with Gasteiger partial charge in [0.15, 0.2) is 11.5 Å². The molecule has 3 nitrogen and oxygen atoms in total. The van der Waals surface area contributed by atoms with Gasteiger partial charge in [0.25, 0.3) is 0 Å². The second-order valence-corrected chi connectivity index (χ2v) is 6.14. The van der Waals surface area contributed by atoms with Crippen LogP contribution in [0.4, 0.5) is 0 Å². The van der Waals surface area contributed by atoms with Crippen LogP contribution >= 0.6 is 0 Å². The maximum Gasteiger partial charge on any atom is 0.161 e. The van der Waals surface area contributed by atoms with E-state index in [0.29, 0.717) is 13.2 Å². The van der Waals surface area contributed by atoms with Crippen LogP contribution in [0, 0.1) is 5.92 Å². The molecule has 0 radical (unpaired) electrons. The molecule has 20 heavy (non-hydrogen) atoms. The van der Waals surface area contributed by atoms with Crippen LogP contribution in [0.5, 0.6) is 11.5 Å². The van der Waals surface area contributed by atoms with Crippen LogP contribution in [0.1, 0.15) is 38.2 Å². The van der Waals surface area contributed by atoms with E-state index in [4.69, 9.17) is 9.47 Å². The molecule has 3 rings (SSSR count). The summed E-state index contributed by atoms with van der Waals surface area (Å²) in [7, 11) is 0. The lowest BCUT2D eigenvalue weighted by Gasteiger charge is -2.27.